The zero-order valence-corrected chi connectivity index (χ0v) is 28.8. The molecular weight excluding hydrogens is 665 g/mol. The number of hydrogen-bond acceptors (Lipinski definition) is 7. The summed E-state index contributed by atoms with van der Waals surface area (Å²) < 4.78 is 95.1. The average molecular weight is 710 g/mol. The molecule has 1 aromatic heterocycles. The molecular formula is C36H44F5N3O6. The molecule has 50 heavy (non-hydrogen) atoms. The lowest BCUT2D eigenvalue weighted by atomic mass is 9.90. The monoisotopic (exact) mass is 709 g/mol. The van der Waals surface area contributed by atoms with Crippen molar-refractivity contribution in [3.05, 3.63) is 29.3 Å². The molecule has 1 saturated heterocycles. The molecule has 9 nitrogen and oxygen atoms in total. The van der Waals surface area contributed by atoms with E-state index < -0.39 is 94.8 Å². The number of carbonyl (C=O) groups is 3. The van der Waals surface area contributed by atoms with Gasteiger partial charge in [0.25, 0.3) is 5.92 Å². The van der Waals surface area contributed by atoms with Crippen molar-refractivity contribution in [1.82, 2.24) is 15.2 Å². The Kier molecular flexibility index (Phi) is 9.71. The zero-order valence-electron chi connectivity index (χ0n) is 28.8. The second-order valence-corrected chi connectivity index (χ2v) is 14.6. The Morgan fingerprint density at radius 3 is 2.50 bits per heavy atom. The first kappa shape index (κ1) is 36.1. The number of halogens is 5. The molecule has 2 saturated carbocycles. The van der Waals surface area contributed by atoms with Crippen molar-refractivity contribution in [1.29, 1.82) is 0 Å². The van der Waals surface area contributed by atoms with Crippen LogP contribution in [0, 0.1) is 29.6 Å². The largest absolute Gasteiger partial charge is 0.497 e. The number of alkyl carbamates (subject to hydrolysis) is 1. The highest BCUT2D eigenvalue weighted by molar-refractivity contribution is 5.92. The van der Waals surface area contributed by atoms with Gasteiger partial charge >= 0.3 is 12.3 Å². The molecule has 2 aliphatic carbocycles. The molecule has 2 amide bonds. The van der Waals surface area contributed by atoms with Crippen molar-refractivity contribution >= 4 is 28.7 Å². The van der Waals surface area contributed by atoms with Gasteiger partial charge in [-0.3, -0.25) is 9.59 Å². The zero-order chi connectivity index (χ0) is 36.3. The second-order valence-electron chi connectivity index (χ2n) is 14.6. The van der Waals surface area contributed by atoms with E-state index in [9.17, 15) is 27.6 Å². The predicted octanol–water partition coefficient (Wildman–Crippen LogP) is 7.28. The fourth-order valence-electron chi connectivity index (χ4n) is 8.64. The summed E-state index contributed by atoms with van der Waals surface area (Å²) in [4.78, 5) is 46.0. The van der Waals surface area contributed by atoms with Crippen LogP contribution in [0.1, 0.15) is 83.8 Å². The summed E-state index contributed by atoms with van der Waals surface area (Å²) in [5.74, 6) is -6.42. The van der Waals surface area contributed by atoms with Gasteiger partial charge in [0.2, 0.25) is 11.8 Å². The van der Waals surface area contributed by atoms with Crippen molar-refractivity contribution in [3.63, 3.8) is 0 Å². The number of rotatable bonds is 4. The van der Waals surface area contributed by atoms with Gasteiger partial charge in [-0.1, -0.05) is 27.2 Å². The van der Waals surface area contributed by atoms with Gasteiger partial charge in [0.15, 0.2) is 5.78 Å². The molecule has 274 valence electrons. The van der Waals surface area contributed by atoms with Crippen LogP contribution in [0.25, 0.3) is 10.9 Å². The Hall–Kier alpha value is -3.71. The summed E-state index contributed by atoms with van der Waals surface area (Å²) in [5.41, 5.74) is -3.17. The number of ketones is 1. The average Bonchev–Trinajstić information content (AvgIpc) is 3.57. The van der Waals surface area contributed by atoms with E-state index >= 15 is 8.78 Å². The van der Waals surface area contributed by atoms with Gasteiger partial charge in [-0.2, -0.15) is 13.2 Å². The van der Waals surface area contributed by atoms with Crippen LogP contribution >= 0.6 is 0 Å². The van der Waals surface area contributed by atoms with Crippen LogP contribution in [0.4, 0.5) is 26.7 Å². The lowest BCUT2D eigenvalue weighted by Gasteiger charge is -2.31. The minimum Gasteiger partial charge on any atom is -0.497 e. The Bertz CT molecular complexity index is 1650. The topological polar surface area (TPSA) is 107 Å². The summed E-state index contributed by atoms with van der Waals surface area (Å²) in [5, 5.41) is 2.19. The number of benzene rings is 1. The third-order valence-electron chi connectivity index (χ3n) is 11.1. The van der Waals surface area contributed by atoms with E-state index in [-0.39, 0.29) is 48.9 Å². The third kappa shape index (κ3) is 6.70. The van der Waals surface area contributed by atoms with Crippen LogP contribution in [0.5, 0.6) is 11.6 Å². The van der Waals surface area contributed by atoms with Gasteiger partial charge in [0.1, 0.15) is 24.0 Å². The van der Waals surface area contributed by atoms with Crippen molar-refractivity contribution in [2.24, 2.45) is 29.6 Å². The van der Waals surface area contributed by atoms with Gasteiger partial charge in [0, 0.05) is 23.8 Å². The van der Waals surface area contributed by atoms with Crippen molar-refractivity contribution in [2.75, 3.05) is 13.7 Å². The molecule has 4 aliphatic rings. The number of nitrogens with zero attached hydrogens (tertiary/aromatic N) is 2. The van der Waals surface area contributed by atoms with E-state index in [0.29, 0.717) is 18.8 Å². The number of alkyl halides is 5. The van der Waals surface area contributed by atoms with Crippen molar-refractivity contribution in [2.45, 2.75) is 109 Å². The highest BCUT2D eigenvalue weighted by atomic mass is 19.4. The molecule has 1 N–H and O–H groups in total. The molecule has 6 rings (SSSR count). The van der Waals surface area contributed by atoms with Crippen LogP contribution in [0.3, 0.4) is 0 Å². The van der Waals surface area contributed by atoms with Gasteiger partial charge in [-0.05, 0) is 74.8 Å². The molecule has 3 heterocycles. The van der Waals surface area contributed by atoms with E-state index in [1.54, 1.807) is 20.8 Å². The summed E-state index contributed by atoms with van der Waals surface area (Å²) >= 11 is 0. The smallest absolute Gasteiger partial charge is 0.417 e. The number of hydrogen-bond donors (Lipinski definition) is 1. The first-order valence-corrected chi connectivity index (χ1v) is 17.5. The minimum atomic E-state index is -5.22. The molecule has 2 aliphatic heterocycles. The Morgan fingerprint density at radius 1 is 1.12 bits per heavy atom. The third-order valence-corrected chi connectivity index (χ3v) is 11.1. The molecule has 2 aromatic rings. The number of Topliss-reactive ketones (excluding diaryl/α,β-unsaturated/α-hetero) is 1. The molecule has 0 radical (unpaired) electrons. The lowest BCUT2D eigenvalue weighted by Crippen LogP contribution is -2.54. The first-order valence-electron chi connectivity index (χ1n) is 17.5. The summed E-state index contributed by atoms with van der Waals surface area (Å²) in [6.07, 6.45) is -6.08. The minimum absolute atomic E-state index is 0.0832. The number of pyridine rings is 1. The summed E-state index contributed by atoms with van der Waals surface area (Å²) in [6.45, 7) is 6.15. The van der Waals surface area contributed by atoms with E-state index in [2.05, 4.69) is 10.3 Å². The highest BCUT2D eigenvalue weighted by Crippen LogP contribution is 2.58. The fraction of sp³-hybridized carbons (Fsp3) is 0.667. The van der Waals surface area contributed by atoms with E-state index in [0.717, 1.165) is 12.5 Å². The number of carbonyl (C=O) groups excluding carboxylic acids is 3. The normalized spacial score (nSPS) is 31.5. The van der Waals surface area contributed by atoms with Crippen molar-refractivity contribution < 1.29 is 50.5 Å². The Balaban J connectivity index is 1.50. The van der Waals surface area contributed by atoms with Crippen LogP contribution < -0.4 is 14.8 Å². The number of fused-ring (bicyclic) bond motifs is 7. The molecule has 2 bridgehead atoms. The molecule has 14 heteroatoms. The predicted molar refractivity (Wildman–Crippen MR) is 172 cm³/mol. The van der Waals surface area contributed by atoms with Gasteiger partial charge in [-0.25, -0.2) is 18.6 Å². The van der Waals surface area contributed by atoms with E-state index in [1.807, 2.05) is 0 Å². The van der Waals surface area contributed by atoms with Crippen LogP contribution in [-0.2, 0) is 26.4 Å². The number of nitrogens with one attached hydrogen (secondary N) is 1. The lowest BCUT2D eigenvalue weighted by molar-refractivity contribution is -0.141. The molecule has 1 aromatic carbocycles. The maximum absolute atomic E-state index is 16.5. The van der Waals surface area contributed by atoms with Gasteiger partial charge in [0.05, 0.1) is 36.3 Å². The summed E-state index contributed by atoms with van der Waals surface area (Å²) in [7, 11) is 1.32. The van der Waals surface area contributed by atoms with Crippen LogP contribution in [0.15, 0.2) is 18.2 Å². The number of ether oxygens (including phenoxy) is 3. The summed E-state index contributed by atoms with van der Waals surface area (Å²) in [6, 6.07) is 1.36. The van der Waals surface area contributed by atoms with E-state index in [1.165, 1.54) is 31.1 Å². The number of methoxy groups -OCH3 is 1. The highest BCUT2D eigenvalue weighted by Gasteiger charge is 2.55. The first-order chi connectivity index (χ1) is 23.5. The van der Waals surface area contributed by atoms with Gasteiger partial charge < -0.3 is 24.4 Å². The quantitative estimate of drug-likeness (QED) is 0.333. The maximum Gasteiger partial charge on any atom is 0.417 e. The maximum atomic E-state index is 16.5. The van der Waals surface area contributed by atoms with Crippen LogP contribution in [0.2, 0.25) is 0 Å². The van der Waals surface area contributed by atoms with Gasteiger partial charge in [-0.15, -0.1) is 0 Å². The molecule has 8 atom stereocenters. The number of amides is 2. The SMILES string of the molecule is CCC1[C@@H]2CN(C(=O)[C@H](C(C)C)NC(=O)O[C@@H]3CC4CC4[C@H]3CCCCC(F)(F)c3c(nc4cc(OC)ccc4c3C(F)(F)F)O2)[C@@H]1C(C)=O. The molecule has 3 unspecified atom stereocenters. The number of aromatic nitrogens is 1. The Labute approximate surface area is 287 Å². The molecule has 0 spiro atoms. The van der Waals surface area contributed by atoms with E-state index in [4.69, 9.17) is 14.2 Å². The standard InChI is InChI=1S/C36H44F5N3O6/c1-6-21-27-16-44(31(21)18(4)45)33(46)30(17(2)3)43-34(47)50-26-14-19-13-24(19)22(26)9-7-8-12-35(37,38)29-28(36(39,40)41)23-11-10-20(48-5)15-25(23)42-32(29)49-27/h10-11,15,17,19,21-22,24,26-27,30-31H,6-9,12-14,16H2,1-5H3,(H,43,47)/t19?,21?,22-,24?,26-,27+,30+,31-/m1/s1. The molecule has 3 fully saturated rings. The van der Waals surface area contributed by atoms with Crippen LogP contribution in [-0.4, -0.2) is 65.6 Å². The fourth-order valence-corrected chi connectivity index (χ4v) is 8.64. The Morgan fingerprint density at radius 2 is 1.86 bits per heavy atom. The van der Waals surface area contributed by atoms with Crippen molar-refractivity contribution in [3.8, 4) is 11.6 Å². The second kappa shape index (κ2) is 13.4.